The lowest BCUT2D eigenvalue weighted by Crippen LogP contribution is -2.59. The second-order valence-corrected chi connectivity index (χ2v) is 6.17. The predicted molar refractivity (Wildman–Crippen MR) is 80.7 cm³/mol. The van der Waals surface area contributed by atoms with Crippen molar-refractivity contribution in [3.63, 3.8) is 0 Å². The van der Waals surface area contributed by atoms with Crippen LogP contribution in [0.5, 0.6) is 0 Å². The van der Waals surface area contributed by atoms with E-state index in [1.54, 1.807) is 0 Å². The molecule has 0 amide bonds. The minimum atomic E-state index is -0.0728. The van der Waals surface area contributed by atoms with Gasteiger partial charge in [0.25, 0.3) is 0 Å². The van der Waals surface area contributed by atoms with E-state index in [1.165, 1.54) is 38.5 Å². The van der Waals surface area contributed by atoms with Crippen molar-refractivity contribution < 1.29 is 9.53 Å². The molecule has 4 nitrogen and oxygen atoms in total. The zero-order valence-corrected chi connectivity index (χ0v) is 13.1. The van der Waals surface area contributed by atoms with Crippen molar-refractivity contribution in [1.29, 1.82) is 0 Å². The summed E-state index contributed by atoms with van der Waals surface area (Å²) in [4.78, 5) is 14.5. The molecule has 2 rings (SSSR count). The smallest absolute Gasteiger partial charge is 0.324 e. The second kappa shape index (κ2) is 7.99. The lowest BCUT2D eigenvalue weighted by atomic mass is 9.82. The fraction of sp³-hybridized carbons (Fsp3) is 0.938. The molecular formula is C16H30N2O2. The van der Waals surface area contributed by atoms with Crippen LogP contribution in [0.1, 0.15) is 52.4 Å². The van der Waals surface area contributed by atoms with Crippen LogP contribution in [0.4, 0.5) is 0 Å². The number of hydrogen-bond acceptors (Lipinski definition) is 4. The highest BCUT2D eigenvalue weighted by molar-refractivity contribution is 5.76. The monoisotopic (exact) mass is 282 g/mol. The summed E-state index contributed by atoms with van der Waals surface area (Å²) in [7, 11) is 0. The third-order valence-corrected chi connectivity index (χ3v) is 4.83. The van der Waals surface area contributed by atoms with Gasteiger partial charge in [-0.1, -0.05) is 19.8 Å². The topological polar surface area (TPSA) is 41.6 Å². The fourth-order valence-electron chi connectivity index (χ4n) is 3.79. The number of piperazine rings is 1. The average Bonchev–Trinajstić information content (AvgIpc) is 2.49. The first-order valence-electron chi connectivity index (χ1n) is 8.39. The minimum absolute atomic E-state index is 0.0459. The molecule has 2 aliphatic rings. The number of carbonyl (C=O) groups is 1. The molecule has 116 valence electrons. The van der Waals surface area contributed by atoms with Gasteiger partial charge in [0.2, 0.25) is 0 Å². The highest BCUT2D eigenvalue weighted by atomic mass is 16.5. The van der Waals surface area contributed by atoms with E-state index in [9.17, 15) is 4.79 Å². The van der Waals surface area contributed by atoms with Crippen LogP contribution in [0.15, 0.2) is 0 Å². The Morgan fingerprint density at radius 2 is 2.00 bits per heavy atom. The largest absolute Gasteiger partial charge is 0.465 e. The van der Waals surface area contributed by atoms with E-state index in [4.69, 9.17) is 4.74 Å². The van der Waals surface area contributed by atoms with Gasteiger partial charge in [0.05, 0.1) is 6.61 Å². The van der Waals surface area contributed by atoms with Crippen LogP contribution in [-0.4, -0.2) is 49.2 Å². The summed E-state index contributed by atoms with van der Waals surface area (Å²) in [6.07, 6.45) is 7.83. The predicted octanol–water partition coefficient (Wildman–Crippen LogP) is 2.18. The highest BCUT2D eigenvalue weighted by Crippen LogP contribution is 2.31. The first-order chi connectivity index (χ1) is 9.76. The van der Waals surface area contributed by atoms with Crippen molar-refractivity contribution in [2.45, 2.75) is 64.5 Å². The lowest BCUT2D eigenvalue weighted by molar-refractivity contribution is -0.151. The van der Waals surface area contributed by atoms with Gasteiger partial charge in [0.15, 0.2) is 0 Å². The van der Waals surface area contributed by atoms with E-state index in [1.807, 2.05) is 6.92 Å². The summed E-state index contributed by atoms with van der Waals surface area (Å²) in [6.45, 7) is 7.35. The van der Waals surface area contributed by atoms with Crippen LogP contribution in [0.3, 0.4) is 0 Å². The van der Waals surface area contributed by atoms with Crippen molar-refractivity contribution in [2.75, 3.05) is 26.2 Å². The van der Waals surface area contributed by atoms with E-state index in [0.717, 1.165) is 25.6 Å². The van der Waals surface area contributed by atoms with E-state index >= 15 is 0 Å². The quantitative estimate of drug-likeness (QED) is 0.785. The average molecular weight is 282 g/mol. The van der Waals surface area contributed by atoms with Crippen LogP contribution in [0, 0.1) is 5.92 Å². The molecule has 1 heterocycles. The van der Waals surface area contributed by atoms with Crippen LogP contribution in [-0.2, 0) is 9.53 Å². The maximum atomic E-state index is 12.1. The molecule has 1 atom stereocenters. The summed E-state index contributed by atoms with van der Waals surface area (Å²) in [5.41, 5.74) is 0. The zero-order valence-electron chi connectivity index (χ0n) is 13.1. The van der Waals surface area contributed by atoms with Gasteiger partial charge in [-0.2, -0.15) is 0 Å². The van der Waals surface area contributed by atoms with Crippen molar-refractivity contribution >= 4 is 5.97 Å². The second-order valence-electron chi connectivity index (χ2n) is 6.17. The zero-order chi connectivity index (χ0) is 14.4. The molecule has 1 aliphatic heterocycles. The molecule has 1 saturated heterocycles. The van der Waals surface area contributed by atoms with E-state index in [-0.39, 0.29) is 12.0 Å². The van der Waals surface area contributed by atoms with Gasteiger partial charge in [-0.3, -0.25) is 9.69 Å². The molecule has 20 heavy (non-hydrogen) atoms. The standard InChI is InChI=1S/C16H30N2O2/c1-3-5-13-6-8-14(9-7-13)18-11-10-17-12-15(18)16(19)20-4-2/h13-15,17H,3-12H2,1-2H3. The summed E-state index contributed by atoms with van der Waals surface area (Å²) in [5.74, 6) is 0.871. The third-order valence-electron chi connectivity index (χ3n) is 4.83. The lowest BCUT2D eigenvalue weighted by Gasteiger charge is -2.43. The number of rotatable bonds is 5. The summed E-state index contributed by atoms with van der Waals surface area (Å²) >= 11 is 0. The van der Waals surface area contributed by atoms with Crippen molar-refractivity contribution in [3.8, 4) is 0 Å². The Kier molecular flexibility index (Phi) is 6.30. The van der Waals surface area contributed by atoms with Gasteiger partial charge in [0, 0.05) is 25.7 Å². The maximum Gasteiger partial charge on any atom is 0.324 e. The van der Waals surface area contributed by atoms with Crippen LogP contribution in [0.25, 0.3) is 0 Å². The molecule has 1 N–H and O–H groups in total. The Bertz CT molecular complexity index is 301. The van der Waals surface area contributed by atoms with Gasteiger partial charge in [0.1, 0.15) is 6.04 Å². The van der Waals surface area contributed by atoms with Gasteiger partial charge in [-0.25, -0.2) is 0 Å². The van der Waals surface area contributed by atoms with E-state index < -0.39 is 0 Å². The van der Waals surface area contributed by atoms with Crippen molar-refractivity contribution in [2.24, 2.45) is 5.92 Å². The molecule has 1 saturated carbocycles. The van der Waals surface area contributed by atoms with Gasteiger partial charge in [-0.05, 0) is 38.5 Å². The highest BCUT2D eigenvalue weighted by Gasteiger charge is 2.35. The molecule has 0 aromatic rings. The Hall–Kier alpha value is -0.610. The van der Waals surface area contributed by atoms with Crippen LogP contribution in [0.2, 0.25) is 0 Å². The van der Waals surface area contributed by atoms with Gasteiger partial charge in [-0.15, -0.1) is 0 Å². The molecule has 0 radical (unpaired) electrons. The summed E-state index contributed by atoms with van der Waals surface area (Å²) in [6, 6.07) is 0.510. The Morgan fingerprint density at radius 3 is 2.65 bits per heavy atom. The molecule has 0 bridgehead atoms. The number of carbonyl (C=O) groups excluding carboxylic acids is 1. The molecule has 0 spiro atoms. The first kappa shape index (κ1) is 15.8. The van der Waals surface area contributed by atoms with Gasteiger partial charge < -0.3 is 10.1 Å². The first-order valence-corrected chi connectivity index (χ1v) is 8.39. The number of esters is 1. The van der Waals surface area contributed by atoms with Crippen molar-refractivity contribution in [3.05, 3.63) is 0 Å². The Labute approximate surface area is 123 Å². The molecule has 1 unspecified atom stereocenters. The molecule has 1 aliphatic carbocycles. The Morgan fingerprint density at radius 1 is 1.25 bits per heavy atom. The van der Waals surface area contributed by atoms with Gasteiger partial charge >= 0.3 is 5.97 Å². The molecule has 2 fully saturated rings. The summed E-state index contributed by atoms with van der Waals surface area (Å²) < 4.78 is 5.24. The summed E-state index contributed by atoms with van der Waals surface area (Å²) in [5, 5.41) is 3.33. The number of nitrogens with zero attached hydrogens (tertiary/aromatic N) is 1. The van der Waals surface area contributed by atoms with Crippen LogP contribution >= 0.6 is 0 Å². The molecule has 0 aromatic heterocycles. The fourth-order valence-corrected chi connectivity index (χ4v) is 3.79. The van der Waals surface area contributed by atoms with E-state index in [2.05, 4.69) is 17.1 Å². The SMILES string of the molecule is CCCC1CCC(N2CCNCC2C(=O)OCC)CC1. The van der Waals surface area contributed by atoms with Crippen molar-refractivity contribution in [1.82, 2.24) is 10.2 Å². The number of hydrogen-bond donors (Lipinski definition) is 1. The van der Waals surface area contributed by atoms with E-state index in [0.29, 0.717) is 12.6 Å². The Balaban J connectivity index is 1.90. The third kappa shape index (κ3) is 3.95. The number of nitrogens with one attached hydrogen (secondary N) is 1. The normalized spacial score (nSPS) is 32.0. The van der Waals surface area contributed by atoms with Crippen LogP contribution < -0.4 is 5.32 Å². The number of ether oxygens (including phenoxy) is 1. The minimum Gasteiger partial charge on any atom is -0.465 e. The molecule has 4 heteroatoms. The molecule has 0 aromatic carbocycles. The maximum absolute atomic E-state index is 12.1. The molecular weight excluding hydrogens is 252 g/mol.